The number of halogens is 3. The topological polar surface area (TPSA) is 71.8 Å². The molecule has 1 atom stereocenters. The van der Waals surface area contributed by atoms with Crippen LogP contribution in [-0.2, 0) is 6.54 Å². The van der Waals surface area contributed by atoms with Crippen LogP contribution < -0.4 is 10.6 Å². The minimum absolute atomic E-state index is 0.153. The maximum Gasteiger partial charge on any atom is 0.319 e. The van der Waals surface area contributed by atoms with E-state index in [1.807, 2.05) is 0 Å². The first-order valence-corrected chi connectivity index (χ1v) is 8.67. The third kappa shape index (κ3) is 4.44. The largest absolute Gasteiger partial charge is 0.328 e. The van der Waals surface area contributed by atoms with Gasteiger partial charge in [0.2, 0.25) is 6.43 Å². The summed E-state index contributed by atoms with van der Waals surface area (Å²) < 4.78 is 40.0. The first kappa shape index (κ1) is 17.6. The number of thioether (sulfide) groups is 1. The van der Waals surface area contributed by atoms with E-state index in [9.17, 15) is 18.0 Å². The standard InChI is InChI=1S/C15H16F3N5OS/c16-9-3-4-12(25-7-13(17)18)11(6-9)22-15(24)21-10-2-1-5-23-14(10)19-8-20-23/h3-4,6,8,10,13H,1-2,5,7H2,(H2,21,22,24)/t10-/m1/s1. The van der Waals surface area contributed by atoms with Crippen LogP contribution >= 0.6 is 11.8 Å². The lowest BCUT2D eigenvalue weighted by atomic mass is 10.1. The first-order chi connectivity index (χ1) is 12.0. The van der Waals surface area contributed by atoms with Crippen molar-refractivity contribution in [3.8, 4) is 0 Å². The van der Waals surface area contributed by atoms with Gasteiger partial charge < -0.3 is 10.6 Å². The summed E-state index contributed by atoms with van der Waals surface area (Å²) in [5, 5.41) is 9.37. The van der Waals surface area contributed by atoms with Gasteiger partial charge in [0.15, 0.2) is 0 Å². The molecule has 0 saturated heterocycles. The summed E-state index contributed by atoms with van der Waals surface area (Å²) in [7, 11) is 0. The molecule has 0 unspecified atom stereocenters. The molecule has 0 aliphatic carbocycles. The molecule has 2 heterocycles. The van der Waals surface area contributed by atoms with Crippen LogP contribution in [0.15, 0.2) is 29.4 Å². The molecular formula is C15H16F3N5OS. The molecule has 10 heteroatoms. The second kappa shape index (κ2) is 7.77. The number of nitrogens with zero attached hydrogens (tertiary/aromatic N) is 3. The third-order valence-corrected chi connectivity index (χ3v) is 4.77. The number of aromatic nitrogens is 3. The summed E-state index contributed by atoms with van der Waals surface area (Å²) in [6.45, 7) is 0.743. The predicted octanol–water partition coefficient (Wildman–Crippen LogP) is 3.43. The molecule has 0 radical (unpaired) electrons. The summed E-state index contributed by atoms with van der Waals surface area (Å²) in [5.41, 5.74) is 0.153. The smallest absolute Gasteiger partial charge is 0.319 e. The van der Waals surface area contributed by atoms with Crippen molar-refractivity contribution in [3.63, 3.8) is 0 Å². The minimum atomic E-state index is -2.50. The van der Waals surface area contributed by atoms with Crippen LogP contribution in [0.4, 0.5) is 23.7 Å². The number of aryl methyl sites for hydroxylation is 1. The molecule has 2 amide bonds. The monoisotopic (exact) mass is 371 g/mol. The van der Waals surface area contributed by atoms with Crippen molar-refractivity contribution >= 4 is 23.5 Å². The lowest BCUT2D eigenvalue weighted by Crippen LogP contribution is -2.36. The van der Waals surface area contributed by atoms with Crippen LogP contribution in [0.25, 0.3) is 0 Å². The van der Waals surface area contributed by atoms with Gasteiger partial charge in [-0.15, -0.1) is 11.8 Å². The fourth-order valence-corrected chi connectivity index (χ4v) is 3.36. The molecule has 0 saturated carbocycles. The van der Waals surface area contributed by atoms with Crippen molar-refractivity contribution in [3.05, 3.63) is 36.2 Å². The fraction of sp³-hybridized carbons (Fsp3) is 0.400. The van der Waals surface area contributed by atoms with Gasteiger partial charge in [-0.3, -0.25) is 0 Å². The highest BCUT2D eigenvalue weighted by Crippen LogP contribution is 2.29. The number of hydrogen-bond acceptors (Lipinski definition) is 4. The van der Waals surface area contributed by atoms with Crippen molar-refractivity contribution in [1.82, 2.24) is 20.1 Å². The van der Waals surface area contributed by atoms with Crippen LogP contribution in [0.3, 0.4) is 0 Å². The molecular weight excluding hydrogens is 355 g/mol. The highest BCUT2D eigenvalue weighted by Gasteiger charge is 2.24. The molecule has 25 heavy (non-hydrogen) atoms. The summed E-state index contributed by atoms with van der Waals surface area (Å²) in [6, 6.07) is 2.79. The Balaban J connectivity index is 1.68. The number of benzene rings is 1. The van der Waals surface area contributed by atoms with Gasteiger partial charge in [0, 0.05) is 11.4 Å². The number of hydrogen-bond donors (Lipinski definition) is 2. The van der Waals surface area contributed by atoms with Crippen molar-refractivity contribution in [2.45, 2.75) is 36.7 Å². The quantitative estimate of drug-likeness (QED) is 0.790. The van der Waals surface area contributed by atoms with Crippen LogP contribution in [-0.4, -0.2) is 33.0 Å². The molecule has 2 aromatic rings. The van der Waals surface area contributed by atoms with E-state index in [0.717, 1.165) is 30.8 Å². The molecule has 1 aliphatic heterocycles. The second-order valence-electron chi connectivity index (χ2n) is 5.48. The molecule has 1 aliphatic rings. The van der Waals surface area contributed by atoms with Gasteiger partial charge >= 0.3 is 6.03 Å². The minimum Gasteiger partial charge on any atom is -0.328 e. The van der Waals surface area contributed by atoms with Gasteiger partial charge in [0.1, 0.15) is 18.0 Å². The second-order valence-corrected chi connectivity index (χ2v) is 6.54. The molecule has 1 aromatic carbocycles. The van der Waals surface area contributed by atoms with E-state index in [1.54, 1.807) is 4.68 Å². The Bertz CT molecular complexity index is 755. The number of urea groups is 1. The van der Waals surface area contributed by atoms with Crippen molar-refractivity contribution in [2.75, 3.05) is 11.1 Å². The van der Waals surface area contributed by atoms with Gasteiger partial charge in [-0.1, -0.05) is 0 Å². The Kier molecular flexibility index (Phi) is 5.47. The number of anilines is 1. The predicted molar refractivity (Wildman–Crippen MR) is 87.3 cm³/mol. The van der Waals surface area contributed by atoms with Gasteiger partial charge in [0.25, 0.3) is 0 Å². The van der Waals surface area contributed by atoms with Gasteiger partial charge in [-0.2, -0.15) is 5.10 Å². The number of alkyl halides is 2. The number of fused-ring (bicyclic) bond motifs is 1. The van der Waals surface area contributed by atoms with E-state index in [0.29, 0.717) is 17.1 Å². The van der Waals surface area contributed by atoms with Gasteiger partial charge in [-0.05, 0) is 31.0 Å². The average Bonchev–Trinajstić information content (AvgIpc) is 3.03. The van der Waals surface area contributed by atoms with Crippen LogP contribution in [0, 0.1) is 5.82 Å². The number of nitrogens with one attached hydrogen (secondary N) is 2. The Morgan fingerprint density at radius 3 is 3.08 bits per heavy atom. The van der Waals surface area contributed by atoms with Crippen molar-refractivity contribution < 1.29 is 18.0 Å². The Hall–Kier alpha value is -2.23. The highest BCUT2D eigenvalue weighted by atomic mass is 32.2. The summed E-state index contributed by atoms with van der Waals surface area (Å²) >= 11 is 0.856. The van der Waals surface area contributed by atoms with E-state index < -0.39 is 24.0 Å². The normalized spacial score (nSPS) is 16.6. The van der Waals surface area contributed by atoms with E-state index >= 15 is 0 Å². The number of carbonyl (C=O) groups excluding carboxylic acids is 1. The number of amides is 2. The molecule has 0 spiro atoms. The molecule has 2 N–H and O–H groups in total. The van der Waals surface area contributed by atoms with Crippen LogP contribution in [0.5, 0.6) is 0 Å². The Labute approximate surface area is 146 Å². The average molecular weight is 371 g/mol. The molecule has 0 bridgehead atoms. The summed E-state index contributed by atoms with van der Waals surface area (Å²) in [5.74, 6) is -0.338. The summed E-state index contributed by atoms with van der Waals surface area (Å²) in [6.07, 6.45) is 0.489. The molecule has 3 rings (SSSR count). The maximum atomic E-state index is 13.5. The first-order valence-electron chi connectivity index (χ1n) is 7.68. The zero-order valence-corrected chi connectivity index (χ0v) is 13.9. The Morgan fingerprint density at radius 2 is 2.28 bits per heavy atom. The van der Waals surface area contributed by atoms with Crippen LogP contribution in [0.2, 0.25) is 0 Å². The number of rotatable bonds is 5. The number of carbonyl (C=O) groups is 1. The SMILES string of the molecule is O=C(Nc1cc(F)ccc1SCC(F)F)N[C@@H]1CCCn2ncnc21. The van der Waals surface area contributed by atoms with Gasteiger partial charge in [0.05, 0.1) is 17.5 Å². The lowest BCUT2D eigenvalue weighted by Gasteiger charge is -2.23. The lowest BCUT2D eigenvalue weighted by molar-refractivity contribution is 0.177. The van der Waals surface area contributed by atoms with E-state index in [4.69, 9.17) is 0 Å². The van der Waals surface area contributed by atoms with E-state index in [2.05, 4.69) is 20.7 Å². The zero-order valence-electron chi connectivity index (χ0n) is 13.1. The zero-order chi connectivity index (χ0) is 17.8. The van der Waals surface area contributed by atoms with Gasteiger partial charge in [-0.25, -0.2) is 27.6 Å². The molecule has 0 fully saturated rings. The molecule has 1 aromatic heterocycles. The van der Waals surface area contributed by atoms with Crippen LogP contribution in [0.1, 0.15) is 24.7 Å². The van der Waals surface area contributed by atoms with E-state index in [1.165, 1.54) is 18.5 Å². The maximum absolute atomic E-state index is 13.5. The Morgan fingerprint density at radius 1 is 1.44 bits per heavy atom. The molecule has 6 nitrogen and oxygen atoms in total. The fourth-order valence-electron chi connectivity index (χ4n) is 2.62. The molecule has 134 valence electrons. The van der Waals surface area contributed by atoms with Crippen molar-refractivity contribution in [2.24, 2.45) is 0 Å². The van der Waals surface area contributed by atoms with E-state index in [-0.39, 0.29) is 11.7 Å². The van der Waals surface area contributed by atoms with Crippen molar-refractivity contribution in [1.29, 1.82) is 0 Å². The highest BCUT2D eigenvalue weighted by molar-refractivity contribution is 7.99. The third-order valence-electron chi connectivity index (χ3n) is 3.68. The summed E-state index contributed by atoms with van der Waals surface area (Å²) in [4.78, 5) is 16.8.